The van der Waals surface area contributed by atoms with Gasteiger partial charge in [0.2, 0.25) is 5.82 Å². The third-order valence-corrected chi connectivity index (χ3v) is 3.78. The van der Waals surface area contributed by atoms with Crippen molar-refractivity contribution in [1.82, 2.24) is 15.2 Å². The number of hydrogen-bond acceptors (Lipinski definition) is 6. The molecule has 1 atom stereocenters. The quantitative estimate of drug-likeness (QED) is 0.707. The van der Waals surface area contributed by atoms with E-state index in [2.05, 4.69) is 31.1 Å². The van der Waals surface area contributed by atoms with Crippen LogP contribution in [0.2, 0.25) is 0 Å². The summed E-state index contributed by atoms with van der Waals surface area (Å²) in [6, 6.07) is 8.55. The maximum absolute atomic E-state index is 6.26. The highest BCUT2D eigenvalue weighted by Gasteiger charge is 2.18. The average Bonchev–Trinajstić information content (AvgIpc) is 3.22. The Bertz CT molecular complexity index is 815. The van der Waals surface area contributed by atoms with E-state index in [1.807, 2.05) is 12.1 Å². The fourth-order valence-corrected chi connectivity index (χ4v) is 2.47. The number of hydrogen-bond donors (Lipinski definition) is 2. The van der Waals surface area contributed by atoms with Crippen LogP contribution in [0.15, 0.2) is 39.4 Å². The zero-order valence-electron chi connectivity index (χ0n) is 12.5. The van der Waals surface area contributed by atoms with Gasteiger partial charge in [-0.15, -0.1) is 5.10 Å². The van der Waals surface area contributed by atoms with Crippen molar-refractivity contribution in [1.29, 1.82) is 0 Å². The van der Waals surface area contributed by atoms with Crippen LogP contribution in [-0.2, 0) is 0 Å². The van der Waals surface area contributed by atoms with E-state index >= 15 is 0 Å². The molecule has 2 aromatic heterocycles. The molecule has 7 nitrogen and oxygen atoms in total. The van der Waals surface area contributed by atoms with Gasteiger partial charge in [0.1, 0.15) is 5.82 Å². The highest BCUT2D eigenvalue weighted by molar-refractivity contribution is 9.10. The second-order valence-electron chi connectivity index (χ2n) is 4.74. The molecule has 0 saturated heterocycles. The van der Waals surface area contributed by atoms with Crippen molar-refractivity contribution in [3.05, 3.63) is 46.4 Å². The number of aromatic amines is 1. The SMILES string of the molecule is COc1ccc([C@@H](N)c2nc(-c3ccc(Br)o3)n[nH]2)cc1OC. The molecule has 1 aromatic carbocycles. The maximum atomic E-state index is 6.26. The van der Waals surface area contributed by atoms with E-state index < -0.39 is 6.04 Å². The van der Waals surface area contributed by atoms with Crippen molar-refractivity contribution in [2.45, 2.75) is 6.04 Å². The number of nitrogens with zero attached hydrogens (tertiary/aromatic N) is 2. The van der Waals surface area contributed by atoms with Crippen molar-refractivity contribution < 1.29 is 13.9 Å². The highest BCUT2D eigenvalue weighted by Crippen LogP contribution is 2.31. The van der Waals surface area contributed by atoms with Crippen LogP contribution in [0.4, 0.5) is 0 Å². The van der Waals surface area contributed by atoms with Crippen LogP contribution in [0.3, 0.4) is 0 Å². The van der Waals surface area contributed by atoms with Gasteiger partial charge in [0, 0.05) is 0 Å². The summed E-state index contributed by atoms with van der Waals surface area (Å²) in [4.78, 5) is 4.39. The maximum Gasteiger partial charge on any atom is 0.217 e. The third-order valence-electron chi connectivity index (χ3n) is 3.36. The van der Waals surface area contributed by atoms with Crippen LogP contribution in [0.25, 0.3) is 11.6 Å². The van der Waals surface area contributed by atoms with Gasteiger partial charge in [0.05, 0.1) is 20.3 Å². The molecule has 3 N–H and O–H groups in total. The Morgan fingerprint density at radius 1 is 1.17 bits per heavy atom. The lowest BCUT2D eigenvalue weighted by molar-refractivity contribution is 0.354. The van der Waals surface area contributed by atoms with Crippen LogP contribution in [-0.4, -0.2) is 29.4 Å². The summed E-state index contributed by atoms with van der Waals surface area (Å²) in [5.74, 6) is 2.78. The van der Waals surface area contributed by atoms with Gasteiger partial charge in [-0.25, -0.2) is 4.98 Å². The molecular weight excluding hydrogens is 364 g/mol. The smallest absolute Gasteiger partial charge is 0.217 e. The van der Waals surface area contributed by atoms with Crippen LogP contribution in [0.1, 0.15) is 17.4 Å². The van der Waals surface area contributed by atoms with E-state index in [-0.39, 0.29) is 0 Å². The minimum atomic E-state index is -0.477. The highest BCUT2D eigenvalue weighted by atomic mass is 79.9. The fraction of sp³-hybridized carbons (Fsp3) is 0.200. The molecule has 8 heteroatoms. The Kier molecular flexibility index (Phi) is 4.35. The predicted octanol–water partition coefficient (Wildman–Crippen LogP) is 2.89. The number of halogens is 1. The first-order valence-corrected chi connectivity index (χ1v) is 7.57. The van der Waals surface area contributed by atoms with Crippen molar-refractivity contribution in [3.63, 3.8) is 0 Å². The molecule has 0 unspecified atom stereocenters. The number of H-pyrrole nitrogens is 1. The molecule has 0 radical (unpaired) electrons. The summed E-state index contributed by atoms with van der Waals surface area (Å²) in [5.41, 5.74) is 7.08. The van der Waals surface area contributed by atoms with Gasteiger partial charge < -0.3 is 19.6 Å². The topological polar surface area (TPSA) is 99.2 Å². The Morgan fingerprint density at radius 2 is 1.96 bits per heavy atom. The van der Waals surface area contributed by atoms with Gasteiger partial charge in [-0.3, -0.25) is 5.10 Å². The van der Waals surface area contributed by atoms with Gasteiger partial charge in [-0.1, -0.05) is 6.07 Å². The van der Waals surface area contributed by atoms with E-state index in [4.69, 9.17) is 19.6 Å². The molecule has 23 heavy (non-hydrogen) atoms. The molecule has 0 bridgehead atoms. The van der Waals surface area contributed by atoms with Gasteiger partial charge in [-0.05, 0) is 45.8 Å². The molecule has 0 spiro atoms. The minimum absolute atomic E-state index is 0.446. The second-order valence-corrected chi connectivity index (χ2v) is 5.52. The molecule has 3 aromatic rings. The number of benzene rings is 1. The first kappa shape index (κ1) is 15.6. The van der Waals surface area contributed by atoms with E-state index in [0.29, 0.717) is 33.6 Å². The van der Waals surface area contributed by atoms with E-state index in [0.717, 1.165) is 5.56 Å². The molecule has 0 amide bonds. The van der Waals surface area contributed by atoms with Crippen molar-refractivity contribution in [3.8, 4) is 23.1 Å². The normalized spacial score (nSPS) is 12.2. The van der Waals surface area contributed by atoms with Gasteiger partial charge in [-0.2, -0.15) is 0 Å². The molecule has 0 aliphatic carbocycles. The number of aromatic nitrogens is 3. The summed E-state index contributed by atoms with van der Waals surface area (Å²) in [5, 5.41) is 6.98. The van der Waals surface area contributed by atoms with Crippen molar-refractivity contribution in [2.75, 3.05) is 14.2 Å². The predicted molar refractivity (Wildman–Crippen MR) is 87.4 cm³/mol. The van der Waals surface area contributed by atoms with Crippen LogP contribution in [0.5, 0.6) is 11.5 Å². The Hall–Kier alpha value is -2.32. The number of nitrogens with two attached hydrogens (primary N) is 1. The van der Waals surface area contributed by atoms with Crippen LogP contribution in [0, 0.1) is 0 Å². The largest absolute Gasteiger partial charge is 0.493 e. The second kappa shape index (κ2) is 6.43. The molecule has 120 valence electrons. The molecule has 3 rings (SSSR count). The summed E-state index contributed by atoms with van der Waals surface area (Å²) in [6.45, 7) is 0. The zero-order chi connectivity index (χ0) is 16.4. The molecule has 0 aliphatic rings. The van der Waals surface area contributed by atoms with Crippen LogP contribution < -0.4 is 15.2 Å². The lowest BCUT2D eigenvalue weighted by Gasteiger charge is -2.12. The van der Waals surface area contributed by atoms with Crippen molar-refractivity contribution >= 4 is 15.9 Å². The zero-order valence-corrected chi connectivity index (χ0v) is 14.1. The minimum Gasteiger partial charge on any atom is -0.493 e. The van der Waals surface area contributed by atoms with Gasteiger partial charge >= 0.3 is 0 Å². The lowest BCUT2D eigenvalue weighted by Crippen LogP contribution is -2.14. The fourth-order valence-electron chi connectivity index (χ4n) is 2.16. The monoisotopic (exact) mass is 378 g/mol. The molecule has 0 saturated carbocycles. The number of nitrogens with one attached hydrogen (secondary N) is 1. The Balaban J connectivity index is 1.89. The van der Waals surface area contributed by atoms with E-state index in [1.165, 1.54) is 0 Å². The Morgan fingerprint density at radius 3 is 2.61 bits per heavy atom. The summed E-state index contributed by atoms with van der Waals surface area (Å²) in [7, 11) is 3.16. The molecule has 2 heterocycles. The molecular formula is C15H15BrN4O3. The molecule has 0 fully saturated rings. The number of ether oxygens (including phenoxy) is 2. The lowest BCUT2D eigenvalue weighted by atomic mass is 10.1. The first-order chi connectivity index (χ1) is 11.1. The summed E-state index contributed by atoms with van der Waals surface area (Å²) in [6.07, 6.45) is 0. The Labute approximate surface area is 140 Å². The van der Waals surface area contributed by atoms with Crippen molar-refractivity contribution in [2.24, 2.45) is 5.73 Å². The van der Waals surface area contributed by atoms with Gasteiger partial charge in [0.15, 0.2) is 21.9 Å². The van der Waals surface area contributed by atoms with Crippen LogP contribution >= 0.6 is 15.9 Å². The van der Waals surface area contributed by atoms with Gasteiger partial charge in [0.25, 0.3) is 0 Å². The third kappa shape index (κ3) is 3.08. The first-order valence-electron chi connectivity index (χ1n) is 6.78. The number of methoxy groups -OCH3 is 2. The average molecular weight is 379 g/mol. The summed E-state index contributed by atoms with van der Waals surface area (Å²) >= 11 is 3.25. The molecule has 0 aliphatic heterocycles. The number of rotatable bonds is 5. The summed E-state index contributed by atoms with van der Waals surface area (Å²) < 4.78 is 16.6. The van der Waals surface area contributed by atoms with E-state index in [9.17, 15) is 0 Å². The van der Waals surface area contributed by atoms with E-state index in [1.54, 1.807) is 32.4 Å². The number of furan rings is 1. The standard InChI is InChI=1S/C15H15BrN4O3/c1-21-9-4-3-8(7-11(9)22-2)13(17)15-18-14(19-20-15)10-5-6-12(16)23-10/h3-7,13H,17H2,1-2H3,(H,18,19,20)/t13-/m1/s1.